The molecule has 0 unspecified atom stereocenters. The van der Waals surface area contributed by atoms with Gasteiger partial charge in [0.15, 0.2) is 17.3 Å². The largest absolute Gasteiger partial charge is 0.493 e. The molecule has 1 aliphatic rings. The Kier molecular flexibility index (Phi) is 4.59. The van der Waals surface area contributed by atoms with Crippen LogP contribution in [0.5, 0.6) is 17.2 Å². The van der Waals surface area contributed by atoms with Crippen LogP contribution >= 0.6 is 23.2 Å². The normalized spacial score (nSPS) is 12.8. The second-order valence-electron chi connectivity index (χ2n) is 4.85. The van der Waals surface area contributed by atoms with Crippen LogP contribution in [0.25, 0.3) is 0 Å². The standard InChI is InChI=1S/C16H13Cl2NO4/c1-21-14-3-2-9(15-16(14)23-5-4-22-15)13(20)6-10-11(17)7-19-8-12(10)18/h2-3,7-8H,4-6H2,1H3. The Balaban J connectivity index is 1.97. The highest BCUT2D eigenvalue weighted by Crippen LogP contribution is 2.42. The number of ether oxygens (including phenoxy) is 3. The molecule has 1 aliphatic heterocycles. The molecule has 5 nitrogen and oxygen atoms in total. The monoisotopic (exact) mass is 353 g/mol. The number of hydrogen-bond donors (Lipinski definition) is 0. The number of fused-ring (bicyclic) bond motifs is 1. The quantitative estimate of drug-likeness (QED) is 0.786. The van der Waals surface area contributed by atoms with E-state index in [0.717, 1.165) is 0 Å². The summed E-state index contributed by atoms with van der Waals surface area (Å²) in [5, 5.41) is 0.704. The van der Waals surface area contributed by atoms with Gasteiger partial charge in [-0.15, -0.1) is 0 Å². The molecule has 3 rings (SSSR count). The van der Waals surface area contributed by atoms with Gasteiger partial charge in [-0.3, -0.25) is 9.78 Å². The van der Waals surface area contributed by atoms with Crippen LogP contribution in [0.3, 0.4) is 0 Å². The van der Waals surface area contributed by atoms with Gasteiger partial charge in [-0.05, 0) is 12.1 Å². The summed E-state index contributed by atoms with van der Waals surface area (Å²) in [7, 11) is 1.53. The molecule has 0 amide bonds. The zero-order valence-corrected chi connectivity index (χ0v) is 13.8. The van der Waals surface area contributed by atoms with E-state index >= 15 is 0 Å². The van der Waals surface area contributed by atoms with Gasteiger partial charge in [0.1, 0.15) is 13.2 Å². The second-order valence-corrected chi connectivity index (χ2v) is 5.67. The first-order chi connectivity index (χ1) is 11.1. The lowest BCUT2D eigenvalue weighted by atomic mass is 10.0. The molecule has 0 saturated heterocycles. The molecule has 1 aromatic heterocycles. The first-order valence-corrected chi connectivity index (χ1v) is 7.65. The van der Waals surface area contributed by atoms with E-state index in [1.54, 1.807) is 12.1 Å². The molecule has 0 spiro atoms. The van der Waals surface area contributed by atoms with Crippen molar-refractivity contribution >= 4 is 29.0 Å². The number of carbonyl (C=O) groups is 1. The molecule has 0 atom stereocenters. The summed E-state index contributed by atoms with van der Waals surface area (Å²) in [6.07, 6.45) is 2.96. The molecular weight excluding hydrogens is 341 g/mol. The summed E-state index contributed by atoms with van der Waals surface area (Å²) in [6, 6.07) is 3.33. The molecule has 0 radical (unpaired) electrons. The number of ketones is 1. The van der Waals surface area contributed by atoms with Gasteiger partial charge in [0.2, 0.25) is 5.75 Å². The molecule has 23 heavy (non-hydrogen) atoms. The smallest absolute Gasteiger partial charge is 0.204 e. The summed E-state index contributed by atoms with van der Waals surface area (Å²) in [6.45, 7) is 0.778. The van der Waals surface area contributed by atoms with Crippen molar-refractivity contribution in [2.24, 2.45) is 0 Å². The number of nitrogens with zero attached hydrogens (tertiary/aromatic N) is 1. The zero-order valence-electron chi connectivity index (χ0n) is 12.3. The van der Waals surface area contributed by atoms with Crippen LogP contribution in [0.2, 0.25) is 10.0 Å². The predicted molar refractivity (Wildman–Crippen MR) is 86.3 cm³/mol. The van der Waals surface area contributed by atoms with Gasteiger partial charge >= 0.3 is 0 Å². The van der Waals surface area contributed by atoms with Crippen LogP contribution in [0.4, 0.5) is 0 Å². The van der Waals surface area contributed by atoms with E-state index in [9.17, 15) is 4.79 Å². The van der Waals surface area contributed by atoms with E-state index in [1.807, 2.05) is 0 Å². The summed E-state index contributed by atoms with van der Waals surface area (Å²) in [4.78, 5) is 16.6. The van der Waals surface area contributed by atoms with E-state index in [2.05, 4.69) is 4.98 Å². The van der Waals surface area contributed by atoms with E-state index < -0.39 is 0 Å². The Labute approximate surface area is 143 Å². The first kappa shape index (κ1) is 15.9. The zero-order chi connectivity index (χ0) is 16.4. The molecule has 0 saturated carbocycles. The summed E-state index contributed by atoms with van der Waals surface area (Å²) in [5.41, 5.74) is 0.944. The van der Waals surface area contributed by atoms with Crippen LogP contribution in [0.15, 0.2) is 24.5 Å². The van der Waals surface area contributed by atoms with Crippen molar-refractivity contribution in [3.05, 3.63) is 45.7 Å². The van der Waals surface area contributed by atoms with Gasteiger partial charge in [-0.2, -0.15) is 0 Å². The molecule has 0 N–H and O–H groups in total. The molecule has 2 aromatic rings. The fourth-order valence-corrected chi connectivity index (χ4v) is 2.85. The molecule has 2 heterocycles. The van der Waals surface area contributed by atoms with Crippen LogP contribution in [-0.2, 0) is 6.42 Å². The number of benzene rings is 1. The van der Waals surface area contributed by atoms with Gasteiger partial charge in [0, 0.05) is 24.4 Å². The highest BCUT2D eigenvalue weighted by molar-refractivity contribution is 6.36. The fraction of sp³-hybridized carbons (Fsp3) is 0.250. The number of aromatic nitrogens is 1. The van der Waals surface area contributed by atoms with Crippen molar-refractivity contribution in [2.75, 3.05) is 20.3 Å². The number of carbonyl (C=O) groups excluding carboxylic acids is 1. The molecule has 0 bridgehead atoms. The summed E-state index contributed by atoms with van der Waals surface area (Å²) < 4.78 is 16.4. The Morgan fingerprint density at radius 2 is 1.83 bits per heavy atom. The maximum atomic E-state index is 12.7. The van der Waals surface area contributed by atoms with E-state index in [-0.39, 0.29) is 12.2 Å². The minimum atomic E-state index is -0.176. The highest BCUT2D eigenvalue weighted by atomic mass is 35.5. The highest BCUT2D eigenvalue weighted by Gasteiger charge is 2.25. The lowest BCUT2D eigenvalue weighted by Gasteiger charge is -2.22. The van der Waals surface area contributed by atoms with E-state index in [4.69, 9.17) is 37.4 Å². The van der Waals surface area contributed by atoms with Crippen LogP contribution in [0, 0.1) is 0 Å². The Morgan fingerprint density at radius 1 is 1.17 bits per heavy atom. The minimum absolute atomic E-state index is 0.0440. The SMILES string of the molecule is COc1ccc(C(=O)Cc2c(Cl)cncc2Cl)c2c1OCCO2. The maximum Gasteiger partial charge on any atom is 0.204 e. The van der Waals surface area contributed by atoms with Crippen LogP contribution in [0.1, 0.15) is 15.9 Å². The van der Waals surface area contributed by atoms with Crippen molar-refractivity contribution in [1.29, 1.82) is 0 Å². The van der Waals surface area contributed by atoms with Crippen molar-refractivity contribution in [3.8, 4) is 17.2 Å². The Bertz CT molecular complexity index is 744. The lowest BCUT2D eigenvalue weighted by molar-refractivity contribution is 0.0981. The third-order valence-corrected chi connectivity index (χ3v) is 4.11. The summed E-state index contributed by atoms with van der Waals surface area (Å²) in [5.74, 6) is 1.18. The minimum Gasteiger partial charge on any atom is -0.493 e. The van der Waals surface area contributed by atoms with Crippen molar-refractivity contribution in [1.82, 2.24) is 4.98 Å². The number of halogens is 2. The van der Waals surface area contributed by atoms with Gasteiger partial charge in [-0.25, -0.2) is 0 Å². The van der Waals surface area contributed by atoms with Crippen molar-refractivity contribution in [3.63, 3.8) is 0 Å². The summed E-state index contributed by atoms with van der Waals surface area (Å²) >= 11 is 12.2. The van der Waals surface area contributed by atoms with E-state index in [0.29, 0.717) is 51.6 Å². The molecule has 0 fully saturated rings. The van der Waals surface area contributed by atoms with Gasteiger partial charge < -0.3 is 14.2 Å². The van der Waals surface area contributed by atoms with Gasteiger partial charge in [0.05, 0.1) is 22.7 Å². The number of hydrogen-bond acceptors (Lipinski definition) is 5. The third kappa shape index (κ3) is 3.07. The Morgan fingerprint density at radius 3 is 2.48 bits per heavy atom. The number of pyridine rings is 1. The van der Waals surface area contributed by atoms with Crippen LogP contribution in [-0.4, -0.2) is 31.1 Å². The van der Waals surface area contributed by atoms with E-state index in [1.165, 1.54) is 19.5 Å². The molecule has 1 aromatic carbocycles. The molecular formula is C16H13Cl2NO4. The number of Topliss-reactive ketones (excluding diaryl/α,β-unsaturated/α-hetero) is 1. The maximum absolute atomic E-state index is 12.7. The van der Waals surface area contributed by atoms with Crippen molar-refractivity contribution < 1.29 is 19.0 Å². The topological polar surface area (TPSA) is 57.7 Å². The molecule has 120 valence electrons. The average molecular weight is 354 g/mol. The van der Waals surface area contributed by atoms with Crippen LogP contribution < -0.4 is 14.2 Å². The number of rotatable bonds is 4. The molecule has 7 heteroatoms. The Hall–Kier alpha value is -1.98. The predicted octanol–water partition coefficient (Wildman–Crippen LogP) is 3.59. The molecule has 0 aliphatic carbocycles. The fourth-order valence-electron chi connectivity index (χ4n) is 2.36. The average Bonchev–Trinajstić information content (AvgIpc) is 2.57. The number of methoxy groups -OCH3 is 1. The second kappa shape index (κ2) is 6.64. The van der Waals surface area contributed by atoms with Crippen molar-refractivity contribution in [2.45, 2.75) is 6.42 Å². The first-order valence-electron chi connectivity index (χ1n) is 6.89. The third-order valence-electron chi connectivity index (χ3n) is 3.46. The van der Waals surface area contributed by atoms with Gasteiger partial charge in [-0.1, -0.05) is 23.2 Å². The lowest BCUT2D eigenvalue weighted by Crippen LogP contribution is -2.19. The van der Waals surface area contributed by atoms with Gasteiger partial charge in [0.25, 0.3) is 0 Å².